The number of ether oxygens (including phenoxy) is 3. The molecule has 0 aromatic heterocycles. The van der Waals surface area contributed by atoms with E-state index in [0.717, 1.165) is 6.08 Å². The third-order valence-corrected chi connectivity index (χ3v) is 2.37. The lowest BCUT2D eigenvalue weighted by molar-refractivity contribution is -0.149. The van der Waals surface area contributed by atoms with Crippen LogP contribution in [0.25, 0.3) is 0 Å². The van der Waals surface area contributed by atoms with Crippen LogP contribution in [-0.2, 0) is 19.0 Å². The number of esters is 1. The summed E-state index contributed by atoms with van der Waals surface area (Å²) in [5, 5.41) is 9.91. The first-order chi connectivity index (χ1) is 7.85. The number of rotatable bonds is 5. The number of hydrogen-bond acceptors (Lipinski definition) is 5. The number of hydrogen-bond donors (Lipinski definition) is 1. The topological polar surface area (TPSA) is 65.0 Å². The Balaban J connectivity index is 2.42. The lowest BCUT2D eigenvalue weighted by atomic mass is 10.1. The number of aliphatic hydroxyl groups is 1. The molecular formula is C12H18O5. The number of carbonyl (C=O) groups excluding carboxylic acids is 1. The van der Waals surface area contributed by atoms with Gasteiger partial charge >= 0.3 is 5.97 Å². The van der Waals surface area contributed by atoms with E-state index in [1.807, 2.05) is 0 Å². The second-order valence-electron chi connectivity index (χ2n) is 4.28. The van der Waals surface area contributed by atoms with Crippen molar-refractivity contribution in [1.29, 1.82) is 0 Å². The maximum absolute atomic E-state index is 10.8. The van der Waals surface area contributed by atoms with Gasteiger partial charge in [-0.2, -0.15) is 0 Å². The molecule has 0 amide bonds. The maximum atomic E-state index is 10.8. The summed E-state index contributed by atoms with van der Waals surface area (Å²) in [4.78, 5) is 10.8. The predicted octanol–water partition coefficient (Wildman–Crippen LogP) is 0.784. The summed E-state index contributed by atoms with van der Waals surface area (Å²) < 4.78 is 15.6. The smallest absolute Gasteiger partial charge is 0.330 e. The molecule has 0 bridgehead atoms. The van der Waals surface area contributed by atoms with Crippen molar-refractivity contribution >= 4 is 5.97 Å². The zero-order valence-corrected chi connectivity index (χ0v) is 10.1. The van der Waals surface area contributed by atoms with Gasteiger partial charge in [-0.1, -0.05) is 13.2 Å². The van der Waals surface area contributed by atoms with Crippen molar-refractivity contribution in [2.24, 2.45) is 0 Å². The summed E-state index contributed by atoms with van der Waals surface area (Å²) in [6.07, 6.45) is -0.355. The van der Waals surface area contributed by atoms with Crippen LogP contribution in [0.4, 0.5) is 0 Å². The molecule has 96 valence electrons. The van der Waals surface area contributed by atoms with E-state index in [1.54, 1.807) is 13.8 Å². The van der Waals surface area contributed by atoms with Crippen molar-refractivity contribution in [2.75, 3.05) is 13.2 Å². The monoisotopic (exact) mass is 242 g/mol. The first kappa shape index (κ1) is 13.9. The Morgan fingerprint density at radius 2 is 2.35 bits per heavy atom. The Morgan fingerprint density at radius 1 is 1.71 bits per heavy atom. The molecule has 5 nitrogen and oxygen atoms in total. The fraction of sp³-hybridized carbons (Fsp3) is 0.583. The Hall–Kier alpha value is -1.17. The minimum atomic E-state index is -0.922. The normalized spacial score (nSPS) is 24.1. The lowest BCUT2D eigenvalue weighted by Crippen LogP contribution is -2.33. The van der Waals surface area contributed by atoms with E-state index in [-0.39, 0.29) is 13.2 Å². The Bertz CT molecular complexity index is 321. The molecule has 1 aliphatic rings. The van der Waals surface area contributed by atoms with E-state index in [2.05, 4.69) is 13.2 Å². The minimum Gasteiger partial charge on any atom is -0.458 e. The standard InChI is InChI=1S/C12H18O5/c1-5-10(13)15-6-8(2)11(14)9-7-16-12(3,4)17-9/h5,9,11,14H,1-2,6-7H2,3-4H3/t9-,11+/m1/s1. The van der Waals surface area contributed by atoms with E-state index in [0.29, 0.717) is 5.57 Å². The van der Waals surface area contributed by atoms with Crippen LogP contribution in [-0.4, -0.2) is 42.3 Å². The van der Waals surface area contributed by atoms with Gasteiger partial charge in [0.2, 0.25) is 0 Å². The lowest BCUT2D eigenvalue weighted by Gasteiger charge is -2.21. The summed E-state index contributed by atoms with van der Waals surface area (Å²) in [6.45, 7) is 10.7. The van der Waals surface area contributed by atoms with Gasteiger partial charge < -0.3 is 19.3 Å². The predicted molar refractivity (Wildman–Crippen MR) is 61.2 cm³/mol. The Morgan fingerprint density at radius 3 is 2.82 bits per heavy atom. The minimum absolute atomic E-state index is 0.0632. The van der Waals surface area contributed by atoms with Crippen molar-refractivity contribution in [2.45, 2.75) is 31.8 Å². The van der Waals surface area contributed by atoms with Crippen molar-refractivity contribution in [3.8, 4) is 0 Å². The highest BCUT2D eigenvalue weighted by Gasteiger charge is 2.37. The highest BCUT2D eigenvalue weighted by atomic mass is 16.7. The highest BCUT2D eigenvalue weighted by molar-refractivity contribution is 5.81. The van der Waals surface area contributed by atoms with Crippen LogP contribution in [0.3, 0.4) is 0 Å². The summed E-state index contributed by atoms with van der Waals surface area (Å²) in [7, 11) is 0. The first-order valence-electron chi connectivity index (χ1n) is 5.32. The number of carbonyl (C=O) groups is 1. The molecule has 5 heteroatoms. The van der Waals surface area contributed by atoms with Crippen LogP contribution in [0.15, 0.2) is 24.8 Å². The van der Waals surface area contributed by atoms with Crippen LogP contribution in [0.2, 0.25) is 0 Å². The van der Waals surface area contributed by atoms with Crippen LogP contribution < -0.4 is 0 Å². The third kappa shape index (κ3) is 3.96. The van der Waals surface area contributed by atoms with Gasteiger partial charge in [-0.25, -0.2) is 4.79 Å². The summed E-state index contributed by atoms with van der Waals surface area (Å²) >= 11 is 0. The first-order valence-corrected chi connectivity index (χ1v) is 5.32. The van der Waals surface area contributed by atoms with Crippen LogP contribution in [0.5, 0.6) is 0 Å². The van der Waals surface area contributed by atoms with Gasteiger partial charge in [-0.3, -0.25) is 0 Å². The Labute approximate surface area is 101 Å². The van der Waals surface area contributed by atoms with Gasteiger partial charge in [-0.05, 0) is 19.4 Å². The SMILES string of the molecule is C=CC(=O)OCC(=C)[C@H](O)[C@H]1COC(C)(C)O1. The van der Waals surface area contributed by atoms with Crippen molar-refractivity contribution < 1.29 is 24.1 Å². The molecule has 1 heterocycles. The molecule has 1 N–H and O–H groups in total. The van der Waals surface area contributed by atoms with E-state index in [9.17, 15) is 9.90 Å². The molecule has 0 saturated carbocycles. The fourth-order valence-electron chi connectivity index (χ4n) is 1.44. The second-order valence-corrected chi connectivity index (χ2v) is 4.28. The molecule has 1 saturated heterocycles. The van der Waals surface area contributed by atoms with Crippen LogP contribution >= 0.6 is 0 Å². The molecule has 1 rings (SSSR count). The molecule has 0 aliphatic carbocycles. The largest absolute Gasteiger partial charge is 0.458 e. The zero-order chi connectivity index (χ0) is 13.1. The van der Waals surface area contributed by atoms with Crippen LogP contribution in [0.1, 0.15) is 13.8 Å². The fourth-order valence-corrected chi connectivity index (χ4v) is 1.44. The van der Waals surface area contributed by atoms with Crippen molar-refractivity contribution in [3.63, 3.8) is 0 Å². The van der Waals surface area contributed by atoms with Gasteiger partial charge in [0.05, 0.1) is 6.61 Å². The van der Waals surface area contributed by atoms with Gasteiger partial charge in [0, 0.05) is 6.08 Å². The second kappa shape index (κ2) is 5.44. The molecule has 1 fully saturated rings. The van der Waals surface area contributed by atoms with E-state index >= 15 is 0 Å². The van der Waals surface area contributed by atoms with Gasteiger partial charge in [0.1, 0.15) is 18.8 Å². The van der Waals surface area contributed by atoms with Gasteiger partial charge in [0.25, 0.3) is 0 Å². The summed E-state index contributed by atoms with van der Waals surface area (Å²) in [6, 6.07) is 0. The average Bonchev–Trinajstić information content (AvgIpc) is 2.64. The van der Waals surface area contributed by atoms with Gasteiger partial charge in [-0.15, -0.1) is 0 Å². The molecule has 2 atom stereocenters. The average molecular weight is 242 g/mol. The van der Waals surface area contributed by atoms with Gasteiger partial charge in [0.15, 0.2) is 5.79 Å². The van der Waals surface area contributed by atoms with Crippen molar-refractivity contribution in [3.05, 3.63) is 24.8 Å². The summed E-state index contributed by atoms with van der Waals surface area (Å²) in [5.41, 5.74) is 0.367. The third-order valence-electron chi connectivity index (χ3n) is 2.37. The van der Waals surface area contributed by atoms with Crippen molar-refractivity contribution in [1.82, 2.24) is 0 Å². The summed E-state index contributed by atoms with van der Waals surface area (Å²) in [5.74, 6) is -1.26. The maximum Gasteiger partial charge on any atom is 0.330 e. The molecule has 0 aromatic carbocycles. The molecule has 0 radical (unpaired) electrons. The molecule has 0 unspecified atom stereocenters. The molecule has 17 heavy (non-hydrogen) atoms. The zero-order valence-electron chi connectivity index (χ0n) is 10.1. The quantitative estimate of drug-likeness (QED) is 0.438. The molecule has 0 aromatic rings. The molecular weight excluding hydrogens is 224 g/mol. The van der Waals surface area contributed by atoms with E-state index in [4.69, 9.17) is 14.2 Å². The van der Waals surface area contributed by atoms with E-state index in [1.165, 1.54) is 0 Å². The van der Waals surface area contributed by atoms with Crippen LogP contribution in [0, 0.1) is 0 Å². The number of aliphatic hydroxyl groups excluding tert-OH is 1. The highest BCUT2D eigenvalue weighted by Crippen LogP contribution is 2.26. The molecule has 1 aliphatic heterocycles. The Kier molecular flexibility index (Phi) is 4.45. The molecule has 0 spiro atoms. The van der Waals surface area contributed by atoms with E-state index < -0.39 is 24.0 Å².